The Labute approximate surface area is 118 Å². The van der Waals surface area contributed by atoms with E-state index in [2.05, 4.69) is 33.2 Å². The van der Waals surface area contributed by atoms with Gasteiger partial charge < -0.3 is 9.64 Å². The average Bonchev–Trinajstić information content (AvgIpc) is 2.90. The normalized spacial score (nSPS) is 15.7. The zero-order valence-corrected chi connectivity index (χ0v) is 11.9. The van der Waals surface area contributed by atoms with Crippen LogP contribution in [0, 0.1) is 0 Å². The predicted molar refractivity (Wildman–Crippen MR) is 76.9 cm³/mol. The van der Waals surface area contributed by atoms with Crippen molar-refractivity contribution in [3.8, 4) is 0 Å². The highest BCUT2D eigenvalue weighted by Crippen LogP contribution is 2.18. The van der Waals surface area contributed by atoms with Gasteiger partial charge in [-0.25, -0.2) is 0 Å². The second-order valence-corrected chi connectivity index (χ2v) is 4.92. The van der Waals surface area contributed by atoms with Gasteiger partial charge in [-0.3, -0.25) is 0 Å². The molecule has 0 atom stereocenters. The second kappa shape index (κ2) is 5.58. The molecule has 0 N–H and O–H groups in total. The van der Waals surface area contributed by atoms with Gasteiger partial charge in [0, 0.05) is 26.6 Å². The molecule has 6 heteroatoms. The molecule has 0 aromatic carbocycles. The minimum atomic E-state index is 0.728. The van der Waals surface area contributed by atoms with Crippen molar-refractivity contribution < 1.29 is 4.74 Å². The Morgan fingerprint density at radius 2 is 2.20 bits per heavy atom. The van der Waals surface area contributed by atoms with Crippen LogP contribution in [-0.4, -0.2) is 46.6 Å². The van der Waals surface area contributed by atoms with Gasteiger partial charge in [0.15, 0.2) is 11.5 Å². The van der Waals surface area contributed by atoms with E-state index in [9.17, 15) is 0 Å². The van der Waals surface area contributed by atoms with Gasteiger partial charge in [0.25, 0.3) is 0 Å². The summed E-state index contributed by atoms with van der Waals surface area (Å²) in [6.45, 7) is 4.63. The van der Waals surface area contributed by atoms with Crippen LogP contribution in [0.3, 0.4) is 0 Å². The number of ether oxygens (including phenoxy) is 1. The van der Waals surface area contributed by atoms with Gasteiger partial charge in [-0.2, -0.15) is 4.52 Å². The molecule has 0 fully saturated rings. The number of aromatic nitrogens is 4. The van der Waals surface area contributed by atoms with Crippen molar-refractivity contribution in [3.05, 3.63) is 29.6 Å². The van der Waals surface area contributed by atoms with Crippen molar-refractivity contribution in [2.75, 3.05) is 31.7 Å². The molecule has 2 aromatic rings. The van der Waals surface area contributed by atoms with Crippen LogP contribution >= 0.6 is 0 Å². The third kappa shape index (κ3) is 2.38. The lowest BCUT2D eigenvalue weighted by molar-refractivity contribution is 0.222. The molecule has 0 saturated carbocycles. The van der Waals surface area contributed by atoms with Crippen molar-refractivity contribution >= 4 is 11.5 Å². The largest absolute Gasteiger partial charge is 0.380 e. The van der Waals surface area contributed by atoms with Crippen molar-refractivity contribution in [1.29, 1.82) is 0 Å². The summed E-state index contributed by atoms with van der Waals surface area (Å²) < 4.78 is 7.01. The Balaban J connectivity index is 1.84. The van der Waals surface area contributed by atoms with Crippen LogP contribution in [0.4, 0.5) is 5.82 Å². The first-order chi connectivity index (χ1) is 9.81. The van der Waals surface area contributed by atoms with Gasteiger partial charge in [0.2, 0.25) is 0 Å². The Kier molecular flexibility index (Phi) is 3.64. The number of fused-ring (bicyclic) bond motifs is 1. The summed E-state index contributed by atoms with van der Waals surface area (Å²) in [5.41, 5.74) is 2.17. The van der Waals surface area contributed by atoms with E-state index in [-0.39, 0.29) is 0 Å². The maximum absolute atomic E-state index is 5.18. The fraction of sp³-hybridized carbons (Fsp3) is 0.500. The van der Waals surface area contributed by atoms with E-state index in [1.165, 1.54) is 5.57 Å². The summed E-state index contributed by atoms with van der Waals surface area (Å²) in [4.78, 5) is 2.26. The highest BCUT2D eigenvalue weighted by molar-refractivity contribution is 5.47. The van der Waals surface area contributed by atoms with E-state index in [1.54, 1.807) is 7.11 Å². The minimum Gasteiger partial charge on any atom is -0.380 e. The van der Waals surface area contributed by atoms with Crippen LogP contribution in [-0.2, 0) is 11.2 Å². The maximum atomic E-state index is 5.18. The number of hydrogen-bond acceptors (Lipinski definition) is 5. The highest BCUT2D eigenvalue weighted by Gasteiger charge is 2.15. The lowest BCUT2D eigenvalue weighted by atomic mass is 10.1. The SMILES string of the molecule is CCc1nnc2ccc(N3CC=C(COC)CC3)nn12. The van der Waals surface area contributed by atoms with Gasteiger partial charge in [-0.05, 0) is 24.1 Å². The van der Waals surface area contributed by atoms with E-state index in [1.807, 2.05) is 16.6 Å². The van der Waals surface area contributed by atoms with E-state index in [0.717, 1.165) is 49.8 Å². The monoisotopic (exact) mass is 273 g/mol. The number of methoxy groups -OCH3 is 1. The summed E-state index contributed by atoms with van der Waals surface area (Å²) in [7, 11) is 1.74. The summed E-state index contributed by atoms with van der Waals surface area (Å²) in [5, 5.41) is 12.9. The Bertz CT molecular complexity index is 634. The molecular formula is C14H19N5O. The van der Waals surface area contributed by atoms with E-state index < -0.39 is 0 Å². The standard InChI is InChI=1S/C14H19N5O/c1-3-12-15-16-13-4-5-14(17-19(12)13)18-8-6-11(7-9-18)10-20-2/h4-6H,3,7-10H2,1-2H3. The molecule has 0 unspecified atom stereocenters. The van der Waals surface area contributed by atoms with Crippen molar-refractivity contribution in [2.45, 2.75) is 19.8 Å². The summed E-state index contributed by atoms with van der Waals surface area (Å²) in [6.07, 6.45) is 4.08. The lowest BCUT2D eigenvalue weighted by Gasteiger charge is -2.27. The average molecular weight is 273 g/mol. The molecule has 0 spiro atoms. The van der Waals surface area contributed by atoms with Gasteiger partial charge in [-0.1, -0.05) is 13.0 Å². The topological polar surface area (TPSA) is 55.5 Å². The fourth-order valence-corrected chi connectivity index (χ4v) is 2.45. The zero-order valence-electron chi connectivity index (χ0n) is 11.9. The molecule has 0 radical (unpaired) electrons. The Hall–Kier alpha value is -1.95. The molecular weight excluding hydrogens is 254 g/mol. The molecule has 3 heterocycles. The molecule has 1 aliphatic rings. The third-order valence-electron chi connectivity index (χ3n) is 3.59. The second-order valence-electron chi connectivity index (χ2n) is 4.92. The first-order valence-corrected chi connectivity index (χ1v) is 6.95. The predicted octanol–water partition coefficient (Wildman–Crippen LogP) is 1.47. The van der Waals surface area contributed by atoms with Crippen LogP contribution in [0.15, 0.2) is 23.8 Å². The first kappa shape index (κ1) is 13.1. The quantitative estimate of drug-likeness (QED) is 0.790. The van der Waals surface area contributed by atoms with E-state index >= 15 is 0 Å². The Morgan fingerprint density at radius 3 is 2.90 bits per heavy atom. The number of anilines is 1. The molecule has 0 amide bonds. The van der Waals surface area contributed by atoms with E-state index in [4.69, 9.17) is 4.74 Å². The number of nitrogens with zero attached hydrogens (tertiary/aromatic N) is 5. The molecule has 3 rings (SSSR count). The summed E-state index contributed by atoms with van der Waals surface area (Å²) >= 11 is 0. The van der Waals surface area contributed by atoms with Crippen LogP contribution in [0.25, 0.3) is 5.65 Å². The number of hydrogen-bond donors (Lipinski definition) is 0. The highest BCUT2D eigenvalue weighted by atomic mass is 16.5. The molecule has 6 nitrogen and oxygen atoms in total. The van der Waals surface area contributed by atoms with E-state index in [0.29, 0.717) is 0 Å². The van der Waals surface area contributed by atoms with Gasteiger partial charge >= 0.3 is 0 Å². The van der Waals surface area contributed by atoms with Gasteiger partial charge in [0.1, 0.15) is 5.82 Å². The summed E-state index contributed by atoms with van der Waals surface area (Å²) in [6, 6.07) is 3.99. The maximum Gasteiger partial charge on any atom is 0.178 e. The first-order valence-electron chi connectivity index (χ1n) is 6.95. The third-order valence-corrected chi connectivity index (χ3v) is 3.59. The van der Waals surface area contributed by atoms with Crippen molar-refractivity contribution in [3.63, 3.8) is 0 Å². The molecule has 0 aliphatic carbocycles. The molecule has 0 saturated heterocycles. The van der Waals surface area contributed by atoms with Crippen LogP contribution in [0.1, 0.15) is 19.2 Å². The molecule has 2 aromatic heterocycles. The van der Waals surface area contributed by atoms with Crippen LogP contribution in [0.2, 0.25) is 0 Å². The van der Waals surface area contributed by atoms with Crippen LogP contribution in [0.5, 0.6) is 0 Å². The molecule has 1 aliphatic heterocycles. The summed E-state index contributed by atoms with van der Waals surface area (Å²) in [5.74, 6) is 1.87. The van der Waals surface area contributed by atoms with Crippen LogP contribution < -0.4 is 4.90 Å². The molecule has 20 heavy (non-hydrogen) atoms. The lowest BCUT2D eigenvalue weighted by Crippen LogP contribution is -2.30. The van der Waals surface area contributed by atoms with Gasteiger partial charge in [-0.15, -0.1) is 15.3 Å². The minimum absolute atomic E-state index is 0.728. The zero-order chi connectivity index (χ0) is 13.9. The van der Waals surface area contributed by atoms with Gasteiger partial charge in [0.05, 0.1) is 6.61 Å². The number of aryl methyl sites for hydroxylation is 1. The molecule has 0 bridgehead atoms. The smallest absolute Gasteiger partial charge is 0.178 e. The van der Waals surface area contributed by atoms with Crippen molar-refractivity contribution in [1.82, 2.24) is 19.8 Å². The Morgan fingerprint density at radius 1 is 1.30 bits per heavy atom. The fourth-order valence-electron chi connectivity index (χ4n) is 2.45. The van der Waals surface area contributed by atoms with Crippen molar-refractivity contribution in [2.24, 2.45) is 0 Å². The number of rotatable bonds is 4. The molecule has 106 valence electrons.